The number of primary sulfonamides is 1. The molecule has 0 saturated carbocycles. The number of hydrogen-bond acceptors (Lipinski definition) is 5. The van der Waals surface area contributed by atoms with E-state index in [0.29, 0.717) is 22.7 Å². The summed E-state index contributed by atoms with van der Waals surface area (Å²) in [5.74, 6) is 0.542. The van der Waals surface area contributed by atoms with Gasteiger partial charge in [0, 0.05) is 19.0 Å². The van der Waals surface area contributed by atoms with Crippen molar-refractivity contribution in [3.63, 3.8) is 0 Å². The second-order valence-electron chi connectivity index (χ2n) is 5.77. The molecule has 3 aromatic rings. The van der Waals surface area contributed by atoms with Crippen LogP contribution >= 0.6 is 12.2 Å². The standard InChI is InChI=1S/C17H18N4O3S2/c1-21-10-19-13-4-3-5-14(17(13)21)20-16(25)9-11-8-12(26(18,22)23)6-7-15(11)24-2/h3-8,10H,9H2,1-2H3,(H,20,25)(H2,18,22,23). The van der Waals surface area contributed by atoms with Crippen LogP contribution in [0, 0.1) is 0 Å². The number of imidazole rings is 1. The van der Waals surface area contributed by atoms with Crippen LogP contribution in [0.2, 0.25) is 0 Å². The number of anilines is 1. The Bertz CT molecular complexity index is 1090. The zero-order chi connectivity index (χ0) is 18.9. The van der Waals surface area contributed by atoms with Gasteiger partial charge in [-0.25, -0.2) is 18.5 Å². The topological polar surface area (TPSA) is 99.2 Å². The molecular weight excluding hydrogens is 372 g/mol. The van der Waals surface area contributed by atoms with E-state index in [0.717, 1.165) is 16.7 Å². The number of sulfonamides is 1. The summed E-state index contributed by atoms with van der Waals surface area (Å²) in [6.45, 7) is 0. The Labute approximate surface area is 156 Å². The molecule has 0 aliphatic heterocycles. The van der Waals surface area contributed by atoms with Gasteiger partial charge < -0.3 is 14.6 Å². The molecular formula is C17H18N4O3S2. The minimum Gasteiger partial charge on any atom is -0.496 e. The van der Waals surface area contributed by atoms with Crippen molar-refractivity contribution in [3.8, 4) is 5.75 Å². The maximum Gasteiger partial charge on any atom is 0.238 e. The summed E-state index contributed by atoms with van der Waals surface area (Å²) in [4.78, 5) is 4.85. The first-order chi connectivity index (χ1) is 12.3. The first-order valence-corrected chi connectivity index (χ1v) is 9.64. The molecule has 0 aliphatic rings. The van der Waals surface area contributed by atoms with Gasteiger partial charge in [0.1, 0.15) is 5.75 Å². The summed E-state index contributed by atoms with van der Waals surface area (Å²) in [5, 5.41) is 8.42. The van der Waals surface area contributed by atoms with E-state index < -0.39 is 10.0 Å². The molecule has 1 aromatic heterocycles. The van der Waals surface area contributed by atoms with E-state index in [1.54, 1.807) is 12.4 Å². The van der Waals surface area contributed by atoms with Gasteiger partial charge in [-0.2, -0.15) is 0 Å². The Hall–Kier alpha value is -2.49. The van der Waals surface area contributed by atoms with Crippen molar-refractivity contribution in [2.45, 2.75) is 11.3 Å². The average molecular weight is 390 g/mol. The van der Waals surface area contributed by atoms with Crippen LogP contribution in [0.1, 0.15) is 5.56 Å². The van der Waals surface area contributed by atoms with Gasteiger partial charge in [-0.1, -0.05) is 18.3 Å². The lowest BCUT2D eigenvalue weighted by atomic mass is 10.1. The Morgan fingerprint density at radius 3 is 2.81 bits per heavy atom. The van der Waals surface area contributed by atoms with E-state index in [1.807, 2.05) is 29.8 Å². The summed E-state index contributed by atoms with van der Waals surface area (Å²) >= 11 is 5.47. The summed E-state index contributed by atoms with van der Waals surface area (Å²) in [5.41, 5.74) is 3.25. The predicted octanol–water partition coefficient (Wildman–Crippen LogP) is 2.21. The second-order valence-corrected chi connectivity index (χ2v) is 7.83. The number of rotatable bonds is 5. The maximum absolute atomic E-state index is 11.6. The molecule has 0 atom stereocenters. The molecule has 0 spiro atoms. The number of thiocarbonyl (C=S) groups is 1. The predicted molar refractivity (Wildman–Crippen MR) is 105 cm³/mol. The lowest BCUT2D eigenvalue weighted by Crippen LogP contribution is -2.16. The van der Waals surface area contributed by atoms with Gasteiger partial charge in [0.2, 0.25) is 10.0 Å². The molecule has 7 nitrogen and oxygen atoms in total. The van der Waals surface area contributed by atoms with Crippen LogP contribution in [0.4, 0.5) is 5.69 Å². The molecule has 136 valence electrons. The minimum atomic E-state index is -3.80. The Morgan fingerprint density at radius 1 is 1.35 bits per heavy atom. The lowest BCUT2D eigenvalue weighted by molar-refractivity contribution is 0.410. The molecule has 0 saturated heterocycles. The third-order valence-corrected chi connectivity index (χ3v) is 5.10. The van der Waals surface area contributed by atoms with Crippen LogP contribution in [0.15, 0.2) is 47.6 Å². The summed E-state index contributed by atoms with van der Waals surface area (Å²) in [7, 11) is -0.382. The highest BCUT2D eigenvalue weighted by molar-refractivity contribution is 7.89. The van der Waals surface area contributed by atoms with E-state index in [-0.39, 0.29) is 4.90 Å². The van der Waals surface area contributed by atoms with Crippen molar-refractivity contribution in [3.05, 3.63) is 48.3 Å². The normalized spacial score (nSPS) is 11.5. The van der Waals surface area contributed by atoms with Gasteiger partial charge in [-0.3, -0.25) is 0 Å². The van der Waals surface area contributed by atoms with Gasteiger partial charge in [-0.15, -0.1) is 0 Å². The first kappa shape index (κ1) is 18.3. The molecule has 3 N–H and O–H groups in total. The summed E-state index contributed by atoms with van der Waals surface area (Å²) < 4.78 is 30.4. The number of nitrogens with one attached hydrogen (secondary N) is 1. The zero-order valence-corrected chi connectivity index (χ0v) is 15.9. The largest absolute Gasteiger partial charge is 0.496 e. The minimum absolute atomic E-state index is 0.0184. The van der Waals surface area contributed by atoms with E-state index in [1.165, 1.54) is 19.2 Å². The van der Waals surface area contributed by atoms with Crippen LogP contribution < -0.4 is 15.2 Å². The Kier molecular flexibility index (Phi) is 4.94. The number of hydrogen-bond donors (Lipinski definition) is 2. The molecule has 0 aliphatic carbocycles. The molecule has 26 heavy (non-hydrogen) atoms. The number of fused-ring (bicyclic) bond motifs is 1. The maximum atomic E-state index is 11.6. The lowest BCUT2D eigenvalue weighted by Gasteiger charge is -2.13. The van der Waals surface area contributed by atoms with Gasteiger partial charge in [0.25, 0.3) is 0 Å². The van der Waals surface area contributed by atoms with Gasteiger partial charge in [-0.05, 0) is 30.3 Å². The van der Waals surface area contributed by atoms with Crippen LogP contribution in [-0.4, -0.2) is 30.1 Å². The molecule has 3 rings (SSSR count). The third-order valence-electron chi connectivity index (χ3n) is 3.94. The van der Waals surface area contributed by atoms with Crippen molar-refractivity contribution in [1.82, 2.24) is 9.55 Å². The zero-order valence-electron chi connectivity index (χ0n) is 14.3. The van der Waals surface area contributed by atoms with Gasteiger partial charge in [0.15, 0.2) is 0 Å². The SMILES string of the molecule is COc1ccc(S(N)(=O)=O)cc1CC(=S)Nc1cccc2ncn(C)c12. The second kappa shape index (κ2) is 7.02. The fourth-order valence-corrected chi connectivity index (χ4v) is 3.58. The molecule has 0 bridgehead atoms. The van der Waals surface area contributed by atoms with Crippen molar-refractivity contribution in [1.29, 1.82) is 0 Å². The molecule has 0 fully saturated rings. The summed E-state index contributed by atoms with van der Waals surface area (Å²) in [6.07, 6.45) is 2.04. The molecule has 2 aromatic carbocycles. The Morgan fingerprint density at radius 2 is 2.12 bits per heavy atom. The van der Waals surface area contributed by atoms with Gasteiger partial charge in [0.05, 0.1) is 40.0 Å². The molecule has 1 heterocycles. The number of aryl methyl sites for hydroxylation is 1. The summed E-state index contributed by atoms with van der Waals surface area (Å²) in [6, 6.07) is 10.2. The molecule has 0 amide bonds. The van der Waals surface area contributed by atoms with Crippen molar-refractivity contribution in [2.75, 3.05) is 12.4 Å². The number of aromatic nitrogens is 2. The number of ether oxygens (including phenoxy) is 1. The molecule has 0 unspecified atom stereocenters. The highest BCUT2D eigenvalue weighted by Gasteiger charge is 2.14. The fraction of sp³-hybridized carbons (Fsp3) is 0.176. The quantitative estimate of drug-likeness (QED) is 0.648. The highest BCUT2D eigenvalue weighted by Crippen LogP contribution is 2.25. The third kappa shape index (κ3) is 3.69. The van der Waals surface area contributed by atoms with Crippen LogP contribution in [0.5, 0.6) is 5.75 Å². The van der Waals surface area contributed by atoms with Crippen LogP contribution in [0.3, 0.4) is 0 Å². The number of nitrogens with two attached hydrogens (primary N) is 1. The number of nitrogens with zero attached hydrogens (tertiary/aromatic N) is 2. The smallest absolute Gasteiger partial charge is 0.238 e. The van der Waals surface area contributed by atoms with Gasteiger partial charge >= 0.3 is 0 Å². The number of benzene rings is 2. The monoisotopic (exact) mass is 390 g/mol. The number of methoxy groups -OCH3 is 1. The van der Waals surface area contributed by atoms with E-state index in [9.17, 15) is 8.42 Å². The molecule has 0 radical (unpaired) electrons. The number of para-hydroxylation sites is 1. The van der Waals surface area contributed by atoms with E-state index in [4.69, 9.17) is 22.1 Å². The van der Waals surface area contributed by atoms with Crippen LogP contribution in [0.25, 0.3) is 11.0 Å². The van der Waals surface area contributed by atoms with Crippen molar-refractivity contribution < 1.29 is 13.2 Å². The Balaban J connectivity index is 1.89. The van der Waals surface area contributed by atoms with Crippen LogP contribution in [-0.2, 0) is 23.5 Å². The highest BCUT2D eigenvalue weighted by atomic mass is 32.2. The fourth-order valence-electron chi connectivity index (χ4n) is 2.75. The van der Waals surface area contributed by atoms with E-state index in [2.05, 4.69) is 10.3 Å². The van der Waals surface area contributed by atoms with E-state index >= 15 is 0 Å². The van der Waals surface area contributed by atoms with Crippen molar-refractivity contribution >= 4 is 44.0 Å². The average Bonchev–Trinajstić information content (AvgIpc) is 2.96. The first-order valence-electron chi connectivity index (χ1n) is 7.69. The van der Waals surface area contributed by atoms with Crippen molar-refractivity contribution in [2.24, 2.45) is 12.2 Å². The molecule has 9 heteroatoms.